The minimum absolute atomic E-state index is 0.352. The first kappa shape index (κ1) is 26.0. The Morgan fingerprint density at radius 2 is 1.64 bits per heavy atom. The predicted molar refractivity (Wildman–Crippen MR) is 142 cm³/mol. The third kappa shape index (κ3) is 5.82. The Morgan fingerprint density at radius 3 is 2.31 bits per heavy atom. The third-order valence-electron chi connectivity index (χ3n) is 6.80. The second-order valence-corrected chi connectivity index (χ2v) is 9.26. The molecular weight excluding hydrogens is 452 g/mol. The SMILES string of the molecule is CCCOc1ccc(C2(N(OCc3ccccc3)c3ccnc(COC)c3OC)CCCCC2)cc1. The average Bonchev–Trinajstić information content (AvgIpc) is 2.93. The first-order valence-corrected chi connectivity index (χ1v) is 12.9. The van der Waals surface area contributed by atoms with E-state index < -0.39 is 0 Å². The summed E-state index contributed by atoms with van der Waals surface area (Å²) in [6, 6.07) is 20.8. The second kappa shape index (κ2) is 12.7. The van der Waals surface area contributed by atoms with Gasteiger partial charge in [0.15, 0.2) is 5.75 Å². The molecule has 0 radical (unpaired) electrons. The molecule has 6 heteroatoms. The summed E-state index contributed by atoms with van der Waals surface area (Å²) in [5.41, 5.74) is 3.59. The fraction of sp³-hybridized carbons (Fsp3) is 0.433. The van der Waals surface area contributed by atoms with Crippen molar-refractivity contribution in [3.8, 4) is 11.5 Å². The molecule has 0 atom stereocenters. The molecule has 192 valence electrons. The maximum atomic E-state index is 6.74. The van der Waals surface area contributed by atoms with Gasteiger partial charge in [-0.2, -0.15) is 0 Å². The number of benzene rings is 2. The highest BCUT2D eigenvalue weighted by molar-refractivity contribution is 5.61. The van der Waals surface area contributed by atoms with E-state index in [9.17, 15) is 0 Å². The number of pyridine rings is 1. The van der Waals surface area contributed by atoms with Crippen LogP contribution in [-0.2, 0) is 28.3 Å². The van der Waals surface area contributed by atoms with Crippen LogP contribution >= 0.6 is 0 Å². The van der Waals surface area contributed by atoms with Crippen molar-refractivity contribution in [1.29, 1.82) is 0 Å². The molecule has 0 aliphatic heterocycles. The fourth-order valence-corrected chi connectivity index (χ4v) is 5.07. The van der Waals surface area contributed by atoms with E-state index in [-0.39, 0.29) is 5.54 Å². The van der Waals surface area contributed by atoms with Gasteiger partial charge in [-0.15, -0.1) is 0 Å². The van der Waals surface area contributed by atoms with Gasteiger partial charge in [-0.1, -0.05) is 68.7 Å². The first-order chi connectivity index (χ1) is 17.7. The van der Waals surface area contributed by atoms with Crippen LogP contribution in [0.1, 0.15) is 62.3 Å². The van der Waals surface area contributed by atoms with Crippen LogP contribution in [0.5, 0.6) is 11.5 Å². The van der Waals surface area contributed by atoms with Gasteiger partial charge in [0.05, 0.1) is 32.5 Å². The van der Waals surface area contributed by atoms with E-state index >= 15 is 0 Å². The van der Waals surface area contributed by atoms with Gasteiger partial charge in [0, 0.05) is 13.3 Å². The zero-order valence-electron chi connectivity index (χ0n) is 21.7. The molecule has 0 saturated heterocycles. The van der Waals surface area contributed by atoms with Crippen LogP contribution in [-0.4, -0.2) is 25.8 Å². The summed E-state index contributed by atoms with van der Waals surface area (Å²) in [6.45, 7) is 3.64. The molecule has 1 heterocycles. The molecule has 0 bridgehead atoms. The minimum Gasteiger partial charge on any atom is -0.494 e. The predicted octanol–water partition coefficient (Wildman–Crippen LogP) is 6.82. The van der Waals surface area contributed by atoms with Crippen LogP contribution in [0.15, 0.2) is 66.9 Å². The molecule has 1 aliphatic carbocycles. The van der Waals surface area contributed by atoms with Crippen LogP contribution in [0.4, 0.5) is 5.69 Å². The summed E-state index contributed by atoms with van der Waals surface area (Å²) in [4.78, 5) is 11.3. The van der Waals surface area contributed by atoms with Gasteiger partial charge in [-0.25, -0.2) is 5.06 Å². The first-order valence-electron chi connectivity index (χ1n) is 12.9. The highest BCUT2D eigenvalue weighted by atomic mass is 16.7. The quantitative estimate of drug-likeness (QED) is 0.260. The van der Waals surface area contributed by atoms with Crippen LogP contribution in [0.3, 0.4) is 0 Å². The van der Waals surface area contributed by atoms with Gasteiger partial charge in [0.1, 0.15) is 17.1 Å². The number of methoxy groups -OCH3 is 2. The van der Waals surface area contributed by atoms with E-state index in [1.54, 1.807) is 14.2 Å². The molecule has 1 aliphatic rings. The largest absolute Gasteiger partial charge is 0.494 e. The van der Waals surface area contributed by atoms with Crippen LogP contribution in [0.25, 0.3) is 0 Å². The van der Waals surface area contributed by atoms with Gasteiger partial charge in [0.25, 0.3) is 0 Å². The summed E-state index contributed by atoms with van der Waals surface area (Å²) >= 11 is 0. The van der Waals surface area contributed by atoms with Crippen LogP contribution in [0, 0.1) is 0 Å². The molecule has 36 heavy (non-hydrogen) atoms. The number of ether oxygens (including phenoxy) is 3. The van der Waals surface area contributed by atoms with E-state index in [2.05, 4.69) is 53.4 Å². The molecule has 1 saturated carbocycles. The Balaban J connectivity index is 1.79. The van der Waals surface area contributed by atoms with E-state index in [0.717, 1.165) is 54.8 Å². The van der Waals surface area contributed by atoms with Gasteiger partial charge >= 0.3 is 0 Å². The Hall–Kier alpha value is -3.09. The number of hydrogen-bond acceptors (Lipinski definition) is 6. The van der Waals surface area contributed by atoms with Crippen LogP contribution in [0.2, 0.25) is 0 Å². The maximum Gasteiger partial charge on any atom is 0.168 e. The smallest absolute Gasteiger partial charge is 0.168 e. The topological polar surface area (TPSA) is 53.1 Å². The van der Waals surface area contributed by atoms with E-state index in [0.29, 0.717) is 25.6 Å². The number of aromatic nitrogens is 1. The summed E-state index contributed by atoms with van der Waals surface area (Å²) in [5.74, 6) is 1.58. The molecule has 3 aromatic rings. The van der Waals surface area contributed by atoms with E-state index in [4.69, 9.17) is 19.0 Å². The van der Waals surface area contributed by atoms with Crippen molar-refractivity contribution < 1.29 is 19.0 Å². The molecule has 0 spiro atoms. The standard InChI is InChI=1S/C30H38N2O4/c1-4-21-35-26-15-13-25(14-16-26)30(18-9-6-10-19-30)32(36-22-24-11-7-5-8-12-24)28-17-20-31-27(23-33-2)29(28)34-3/h5,7-8,11-17,20H,4,6,9-10,18-19,21-23H2,1-3H3. The minimum atomic E-state index is -0.352. The highest BCUT2D eigenvalue weighted by Gasteiger charge is 2.42. The lowest BCUT2D eigenvalue weighted by Crippen LogP contribution is -2.48. The summed E-state index contributed by atoms with van der Waals surface area (Å²) in [5, 5.41) is 2.10. The Kier molecular flexibility index (Phi) is 9.20. The normalized spacial score (nSPS) is 14.9. The van der Waals surface area contributed by atoms with Gasteiger partial charge in [-0.05, 0) is 48.6 Å². The van der Waals surface area contributed by atoms with Crippen molar-refractivity contribution in [1.82, 2.24) is 4.98 Å². The molecular formula is C30H38N2O4. The lowest BCUT2D eigenvalue weighted by atomic mass is 9.76. The van der Waals surface area contributed by atoms with Gasteiger partial charge < -0.3 is 14.2 Å². The molecule has 0 unspecified atom stereocenters. The Morgan fingerprint density at radius 1 is 0.889 bits per heavy atom. The molecule has 2 aromatic carbocycles. The zero-order valence-corrected chi connectivity index (χ0v) is 21.7. The zero-order chi connectivity index (χ0) is 25.2. The lowest BCUT2D eigenvalue weighted by molar-refractivity contribution is 0.0190. The molecule has 1 fully saturated rings. The molecule has 0 amide bonds. The summed E-state index contributed by atoms with van der Waals surface area (Å²) in [7, 11) is 3.35. The number of hydroxylamine groups is 1. The molecule has 6 nitrogen and oxygen atoms in total. The monoisotopic (exact) mass is 490 g/mol. The van der Waals surface area contributed by atoms with E-state index in [1.807, 2.05) is 30.5 Å². The van der Waals surface area contributed by atoms with Crippen molar-refractivity contribution >= 4 is 5.69 Å². The Labute approximate surface area is 215 Å². The summed E-state index contributed by atoms with van der Waals surface area (Å²) in [6.07, 6.45) is 8.20. The van der Waals surface area contributed by atoms with Crippen molar-refractivity contribution in [2.75, 3.05) is 25.9 Å². The molecule has 4 rings (SSSR count). The van der Waals surface area contributed by atoms with Gasteiger partial charge in [0.2, 0.25) is 0 Å². The number of anilines is 1. The average molecular weight is 491 g/mol. The third-order valence-corrected chi connectivity index (χ3v) is 6.80. The van der Waals surface area contributed by atoms with Crippen LogP contribution < -0.4 is 14.5 Å². The highest BCUT2D eigenvalue weighted by Crippen LogP contribution is 2.48. The number of rotatable bonds is 12. The van der Waals surface area contributed by atoms with Crippen molar-refractivity contribution in [2.45, 2.75) is 64.2 Å². The summed E-state index contributed by atoms with van der Waals surface area (Å²) < 4.78 is 17.2. The fourth-order valence-electron chi connectivity index (χ4n) is 5.07. The molecule has 0 N–H and O–H groups in total. The van der Waals surface area contributed by atoms with E-state index in [1.165, 1.54) is 12.0 Å². The second-order valence-electron chi connectivity index (χ2n) is 9.26. The lowest BCUT2D eigenvalue weighted by Gasteiger charge is -2.47. The number of nitrogens with zero attached hydrogens (tertiary/aromatic N) is 2. The molecule has 1 aromatic heterocycles. The number of hydrogen-bond donors (Lipinski definition) is 0. The van der Waals surface area contributed by atoms with Crippen molar-refractivity contribution in [3.63, 3.8) is 0 Å². The van der Waals surface area contributed by atoms with Gasteiger partial charge in [-0.3, -0.25) is 9.82 Å². The van der Waals surface area contributed by atoms with Crippen molar-refractivity contribution in [3.05, 3.63) is 83.7 Å². The maximum absolute atomic E-state index is 6.74. The van der Waals surface area contributed by atoms with Crippen molar-refractivity contribution in [2.24, 2.45) is 0 Å². The Bertz CT molecular complexity index is 1070.